The van der Waals surface area contributed by atoms with Crippen LogP contribution in [0.2, 0.25) is 0 Å². The van der Waals surface area contributed by atoms with Crippen LogP contribution in [0.3, 0.4) is 0 Å². The Morgan fingerprint density at radius 1 is 1.56 bits per heavy atom. The predicted molar refractivity (Wildman–Crippen MR) is 60.5 cm³/mol. The summed E-state index contributed by atoms with van der Waals surface area (Å²) in [5.41, 5.74) is 0. The molecule has 1 aliphatic carbocycles. The van der Waals surface area contributed by atoms with E-state index in [1.807, 2.05) is 0 Å². The van der Waals surface area contributed by atoms with Gasteiger partial charge in [0.25, 0.3) is 0 Å². The fraction of sp³-hybridized carbons (Fsp3) is 0.692. The summed E-state index contributed by atoms with van der Waals surface area (Å²) in [6, 6.07) is 0. The topological polar surface area (TPSA) is 43.4 Å². The highest BCUT2D eigenvalue weighted by atomic mass is 16.5. The van der Waals surface area contributed by atoms with Crippen molar-refractivity contribution in [1.29, 1.82) is 0 Å². The Labute approximate surface area is 96.5 Å². The van der Waals surface area contributed by atoms with E-state index in [-0.39, 0.29) is 5.92 Å². The predicted octanol–water partition coefficient (Wildman–Crippen LogP) is 1.95. The highest BCUT2D eigenvalue weighted by molar-refractivity contribution is 5.88. The van der Waals surface area contributed by atoms with Gasteiger partial charge in [-0.05, 0) is 25.2 Å². The Hall–Kier alpha value is -1.30. The van der Waals surface area contributed by atoms with Gasteiger partial charge in [0.05, 0.1) is 7.11 Å². The molecule has 0 spiro atoms. The molecular formula is C13H18O3. The van der Waals surface area contributed by atoms with Crippen molar-refractivity contribution in [3.8, 4) is 11.8 Å². The second kappa shape index (κ2) is 6.32. The Morgan fingerprint density at radius 3 is 2.94 bits per heavy atom. The first-order valence-electron chi connectivity index (χ1n) is 5.74. The van der Waals surface area contributed by atoms with E-state index in [2.05, 4.69) is 23.5 Å². The van der Waals surface area contributed by atoms with Crippen LogP contribution in [-0.4, -0.2) is 18.9 Å². The SMILES string of the molecule is COC(=O)C#CCCC1C(=O)CCCC1C. The Bertz CT molecular complexity index is 322. The van der Waals surface area contributed by atoms with Gasteiger partial charge < -0.3 is 4.74 Å². The van der Waals surface area contributed by atoms with Gasteiger partial charge >= 0.3 is 5.97 Å². The number of ether oxygens (including phenoxy) is 1. The molecular weight excluding hydrogens is 204 g/mol. The summed E-state index contributed by atoms with van der Waals surface area (Å²) in [6.45, 7) is 2.12. The van der Waals surface area contributed by atoms with E-state index in [0.717, 1.165) is 19.3 Å². The maximum absolute atomic E-state index is 11.6. The standard InChI is InChI=1S/C13H18O3/c1-10-6-5-8-12(14)11(10)7-3-4-9-13(15)16-2/h10-11H,3,5-8H2,1-2H3. The van der Waals surface area contributed by atoms with Gasteiger partial charge in [0, 0.05) is 24.7 Å². The molecule has 0 aromatic carbocycles. The zero-order valence-electron chi connectivity index (χ0n) is 9.91. The molecule has 16 heavy (non-hydrogen) atoms. The highest BCUT2D eigenvalue weighted by Crippen LogP contribution is 2.29. The fourth-order valence-electron chi connectivity index (χ4n) is 2.16. The number of hydrogen-bond donors (Lipinski definition) is 0. The van der Waals surface area contributed by atoms with Crippen LogP contribution in [0.1, 0.15) is 39.0 Å². The number of rotatable bonds is 2. The van der Waals surface area contributed by atoms with Crippen molar-refractivity contribution in [1.82, 2.24) is 0 Å². The molecule has 88 valence electrons. The largest absolute Gasteiger partial charge is 0.459 e. The lowest BCUT2D eigenvalue weighted by molar-refractivity contribution is -0.133. The van der Waals surface area contributed by atoms with Crippen molar-refractivity contribution in [2.24, 2.45) is 11.8 Å². The number of Topliss-reactive ketones (excluding diaryl/α,β-unsaturated/α-hetero) is 1. The Morgan fingerprint density at radius 2 is 2.31 bits per heavy atom. The molecule has 0 saturated heterocycles. The van der Waals surface area contributed by atoms with Crippen LogP contribution in [-0.2, 0) is 14.3 Å². The smallest absolute Gasteiger partial charge is 0.384 e. The van der Waals surface area contributed by atoms with E-state index in [1.165, 1.54) is 7.11 Å². The summed E-state index contributed by atoms with van der Waals surface area (Å²) in [4.78, 5) is 22.4. The third-order valence-corrected chi connectivity index (χ3v) is 3.14. The lowest BCUT2D eigenvalue weighted by Crippen LogP contribution is -2.26. The Kier molecular flexibility index (Phi) is 5.04. The normalized spacial score (nSPS) is 24.5. The van der Waals surface area contributed by atoms with Crippen molar-refractivity contribution in [3.05, 3.63) is 0 Å². The minimum absolute atomic E-state index is 0.140. The van der Waals surface area contributed by atoms with Gasteiger partial charge in [-0.2, -0.15) is 0 Å². The van der Waals surface area contributed by atoms with Gasteiger partial charge in [0.2, 0.25) is 0 Å². The first kappa shape index (κ1) is 12.8. The summed E-state index contributed by atoms with van der Waals surface area (Å²) in [7, 11) is 1.31. The van der Waals surface area contributed by atoms with E-state index >= 15 is 0 Å². The van der Waals surface area contributed by atoms with Gasteiger partial charge in [0.1, 0.15) is 5.78 Å². The summed E-state index contributed by atoms with van der Waals surface area (Å²) >= 11 is 0. The molecule has 0 amide bonds. The van der Waals surface area contributed by atoms with Gasteiger partial charge in [-0.3, -0.25) is 4.79 Å². The molecule has 0 heterocycles. The molecule has 1 fully saturated rings. The summed E-state index contributed by atoms with van der Waals surface area (Å²) in [5.74, 6) is 5.57. The first-order chi connectivity index (χ1) is 7.65. The molecule has 2 atom stereocenters. The molecule has 0 radical (unpaired) electrons. The van der Waals surface area contributed by atoms with E-state index in [0.29, 0.717) is 24.5 Å². The number of hydrogen-bond acceptors (Lipinski definition) is 3. The molecule has 1 aliphatic rings. The van der Waals surface area contributed by atoms with Crippen LogP contribution in [0.4, 0.5) is 0 Å². The third kappa shape index (κ3) is 3.69. The van der Waals surface area contributed by atoms with Gasteiger partial charge in [0.15, 0.2) is 0 Å². The summed E-state index contributed by atoms with van der Waals surface area (Å²) < 4.78 is 4.41. The van der Waals surface area contributed by atoms with Crippen molar-refractivity contribution in [2.45, 2.75) is 39.0 Å². The van der Waals surface area contributed by atoms with E-state index in [1.54, 1.807) is 0 Å². The van der Waals surface area contributed by atoms with Crippen LogP contribution in [0.25, 0.3) is 0 Å². The molecule has 0 aromatic rings. The summed E-state index contributed by atoms with van der Waals surface area (Å²) in [6.07, 6.45) is 4.21. The Balaban J connectivity index is 2.38. The number of esters is 1. The number of ketones is 1. The fourth-order valence-corrected chi connectivity index (χ4v) is 2.16. The van der Waals surface area contributed by atoms with Crippen molar-refractivity contribution < 1.29 is 14.3 Å². The molecule has 0 N–H and O–H groups in total. The minimum atomic E-state index is -0.511. The molecule has 0 bridgehead atoms. The zero-order valence-corrected chi connectivity index (χ0v) is 9.91. The molecule has 1 saturated carbocycles. The number of carbonyl (C=O) groups excluding carboxylic acids is 2. The first-order valence-corrected chi connectivity index (χ1v) is 5.74. The van der Waals surface area contributed by atoms with E-state index in [4.69, 9.17) is 0 Å². The number of carbonyl (C=O) groups is 2. The summed E-state index contributed by atoms with van der Waals surface area (Å²) in [5, 5.41) is 0. The molecule has 1 rings (SSSR count). The van der Waals surface area contributed by atoms with E-state index in [9.17, 15) is 9.59 Å². The van der Waals surface area contributed by atoms with Crippen LogP contribution in [0.15, 0.2) is 0 Å². The second-order valence-electron chi connectivity index (χ2n) is 4.27. The quantitative estimate of drug-likeness (QED) is 0.407. The van der Waals surface area contributed by atoms with E-state index < -0.39 is 5.97 Å². The van der Waals surface area contributed by atoms with Crippen molar-refractivity contribution in [3.63, 3.8) is 0 Å². The molecule has 2 unspecified atom stereocenters. The second-order valence-corrected chi connectivity index (χ2v) is 4.27. The maximum atomic E-state index is 11.6. The monoisotopic (exact) mass is 222 g/mol. The average molecular weight is 222 g/mol. The van der Waals surface area contributed by atoms with Crippen LogP contribution in [0.5, 0.6) is 0 Å². The number of methoxy groups -OCH3 is 1. The third-order valence-electron chi connectivity index (χ3n) is 3.14. The van der Waals surface area contributed by atoms with Gasteiger partial charge in [-0.1, -0.05) is 12.8 Å². The highest BCUT2D eigenvalue weighted by Gasteiger charge is 2.27. The molecule has 0 aliphatic heterocycles. The molecule has 3 heteroatoms. The maximum Gasteiger partial charge on any atom is 0.384 e. The van der Waals surface area contributed by atoms with Crippen LogP contribution in [0, 0.1) is 23.7 Å². The zero-order chi connectivity index (χ0) is 12.0. The van der Waals surface area contributed by atoms with Crippen LogP contribution < -0.4 is 0 Å². The average Bonchev–Trinajstić information content (AvgIpc) is 2.27. The lowest BCUT2D eigenvalue weighted by Gasteiger charge is -2.26. The minimum Gasteiger partial charge on any atom is -0.459 e. The lowest BCUT2D eigenvalue weighted by atomic mass is 9.77. The molecule has 3 nitrogen and oxygen atoms in total. The van der Waals surface area contributed by atoms with Gasteiger partial charge in [-0.15, -0.1) is 0 Å². The van der Waals surface area contributed by atoms with Crippen molar-refractivity contribution in [2.75, 3.05) is 7.11 Å². The van der Waals surface area contributed by atoms with Gasteiger partial charge in [-0.25, -0.2) is 4.79 Å². The van der Waals surface area contributed by atoms with Crippen molar-refractivity contribution >= 4 is 11.8 Å². The molecule has 0 aromatic heterocycles. The van der Waals surface area contributed by atoms with Crippen LogP contribution >= 0.6 is 0 Å².